The second-order valence-electron chi connectivity index (χ2n) is 5.56. The maximum atomic E-state index is 12.4. The van der Waals surface area contributed by atoms with E-state index < -0.39 is 0 Å². The van der Waals surface area contributed by atoms with Crippen molar-refractivity contribution in [3.05, 3.63) is 71.4 Å². The molecule has 138 valence electrons. The molecular formula is C20H18ClN3O3. The second-order valence-corrected chi connectivity index (χ2v) is 5.99. The molecule has 0 fully saturated rings. The first-order valence-electron chi connectivity index (χ1n) is 8.11. The van der Waals surface area contributed by atoms with Crippen LogP contribution in [0.5, 0.6) is 11.5 Å². The molecule has 7 heteroatoms. The lowest BCUT2D eigenvalue weighted by Gasteiger charge is -2.12. The van der Waals surface area contributed by atoms with Gasteiger partial charge in [0.05, 0.1) is 37.4 Å². The van der Waals surface area contributed by atoms with Gasteiger partial charge in [0.1, 0.15) is 17.3 Å². The molecule has 3 aromatic rings. The summed E-state index contributed by atoms with van der Waals surface area (Å²) in [4.78, 5) is 16.7. The first-order valence-corrected chi connectivity index (χ1v) is 8.49. The number of nitrogens with one attached hydrogen (secondary N) is 2. The van der Waals surface area contributed by atoms with Gasteiger partial charge in [-0.05, 0) is 42.5 Å². The van der Waals surface area contributed by atoms with Crippen LogP contribution in [0.1, 0.15) is 10.4 Å². The van der Waals surface area contributed by atoms with Gasteiger partial charge in [0, 0.05) is 5.02 Å². The highest BCUT2D eigenvalue weighted by atomic mass is 35.5. The second kappa shape index (κ2) is 8.42. The van der Waals surface area contributed by atoms with Crippen molar-refractivity contribution in [1.82, 2.24) is 4.98 Å². The van der Waals surface area contributed by atoms with Gasteiger partial charge in [-0.15, -0.1) is 0 Å². The highest BCUT2D eigenvalue weighted by Crippen LogP contribution is 2.30. The van der Waals surface area contributed by atoms with Gasteiger partial charge < -0.3 is 20.1 Å². The van der Waals surface area contributed by atoms with Crippen LogP contribution in [-0.4, -0.2) is 25.1 Å². The Kier molecular flexibility index (Phi) is 5.78. The topological polar surface area (TPSA) is 72.5 Å². The molecule has 0 aliphatic rings. The first kappa shape index (κ1) is 18.5. The largest absolute Gasteiger partial charge is 0.496 e. The van der Waals surface area contributed by atoms with Crippen molar-refractivity contribution in [2.45, 2.75) is 0 Å². The standard InChI is InChI=1S/C20H18ClN3O3/c1-26-17-6-4-3-5-15(17)20(25)24-19-10-8-14(12-22-19)23-16-11-13(21)7-9-18(16)27-2/h3-12,23H,1-2H3,(H,22,24,25). The number of carbonyl (C=O) groups is 1. The Morgan fingerprint density at radius 3 is 2.48 bits per heavy atom. The fourth-order valence-electron chi connectivity index (χ4n) is 2.49. The molecule has 0 aliphatic heterocycles. The van der Waals surface area contributed by atoms with Crippen LogP contribution in [-0.2, 0) is 0 Å². The molecule has 0 radical (unpaired) electrons. The van der Waals surface area contributed by atoms with Crippen LogP contribution in [0.2, 0.25) is 5.02 Å². The highest BCUT2D eigenvalue weighted by molar-refractivity contribution is 6.31. The SMILES string of the molecule is COc1ccc(Cl)cc1Nc1ccc(NC(=O)c2ccccc2OC)nc1. The maximum Gasteiger partial charge on any atom is 0.260 e. The number of nitrogens with zero attached hydrogens (tertiary/aromatic N) is 1. The smallest absolute Gasteiger partial charge is 0.260 e. The van der Waals surface area contributed by atoms with E-state index in [0.29, 0.717) is 27.9 Å². The molecule has 1 heterocycles. The number of methoxy groups -OCH3 is 2. The first-order chi connectivity index (χ1) is 13.1. The van der Waals surface area contributed by atoms with Crippen LogP contribution in [0.4, 0.5) is 17.2 Å². The third-order valence-electron chi connectivity index (χ3n) is 3.80. The van der Waals surface area contributed by atoms with Crippen molar-refractivity contribution in [1.29, 1.82) is 0 Å². The van der Waals surface area contributed by atoms with Gasteiger partial charge in [0.2, 0.25) is 0 Å². The summed E-state index contributed by atoms with van der Waals surface area (Å²) in [7, 11) is 3.11. The monoisotopic (exact) mass is 383 g/mol. The van der Waals surface area contributed by atoms with Crippen LogP contribution in [0.25, 0.3) is 0 Å². The molecule has 0 bridgehead atoms. The van der Waals surface area contributed by atoms with Crippen molar-refractivity contribution in [3.8, 4) is 11.5 Å². The fraction of sp³-hybridized carbons (Fsp3) is 0.100. The summed E-state index contributed by atoms with van der Waals surface area (Å²) in [5, 5.41) is 6.53. The van der Waals surface area contributed by atoms with Gasteiger partial charge in [-0.2, -0.15) is 0 Å². The minimum atomic E-state index is -0.294. The predicted molar refractivity (Wildman–Crippen MR) is 106 cm³/mol. The number of amides is 1. The summed E-state index contributed by atoms with van der Waals surface area (Å²) in [5.74, 6) is 1.29. The number of halogens is 1. The predicted octanol–water partition coefficient (Wildman–Crippen LogP) is 4.75. The Balaban J connectivity index is 1.72. The maximum absolute atomic E-state index is 12.4. The van der Waals surface area contributed by atoms with Gasteiger partial charge in [-0.1, -0.05) is 23.7 Å². The minimum Gasteiger partial charge on any atom is -0.496 e. The number of hydrogen-bond acceptors (Lipinski definition) is 5. The number of para-hydroxylation sites is 1. The molecule has 0 atom stereocenters. The van der Waals surface area contributed by atoms with Crippen molar-refractivity contribution in [2.24, 2.45) is 0 Å². The van der Waals surface area contributed by atoms with Gasteiger partial charge in [-0.3, -0.25) is 4.79 Å². The van der Waals surface area contributed by atoms with Gasteiger partial charge >= 0.3 is 0 Å². The lowest BCUT2D eigenvalue weighted by atomic mass is 10.2. The van der Waals surface area contributed by atoms with Crippen LogP contribution in [0, 0.1) is 0 Å². The molecule has 27 heavy (non-hydrogen) atoms. The third kappa shape index (κ3) is 4.48. The number of hydrogen-bond donors (Lipinski definition) is 2. The Morgan fingerprint density at radius 2 is 1.78 bits per heavy atom. The van der Waals surface area contributed by atoms with E-state index in [9.17, 15) is 4.79 Å². The minimum absolute atomic E-state index is 0.294. The van der Waals surface area contributed by atoms with Gasteiger partial charge in [0.15, 0.2) is 0 Å². The zero-order chi connectivity index (χ0) is 19.2. The Bertz CT molecular complexity index is 945. The van der Waals surface area contributed by atoms with E-state index >= 15 is 0 Å². The van der Waals surface area contributed by atoms with E-state index in [1.807, 2.05) is 0 Å². The van der Waals surface area contributed by atoms with Crippen LogP contribution in [0.3, 0.4) is 0 Å². The number of aromatic nitrogens is 1. The van der Waals surface area contributed by atoms with Crippen LogP contribution < -0.4 is 20.1 Å². The van der Waals surface area contributed by atoms with E-state index in [-0.39, 0.29) is 5.91 Å². The van der Waals surface area contributed by atoms with Gasteiger partial charge in [-0.25, -0.2) is 4.98 Å². The van der Waals surface area contributed by atoms with E-state index in [2.05, 4.69) is 15.6 Å². The average molecular weight is 384 g/mol. The molecule has 6 nitrogen and oxygen atoms in total. The molecule has 0 aliphatic carbocycles. The zero-order valence-electron chi connectivity index (χ0n) is 14.8. The summed E-state index contributed by atoms with van der Waals surface area (Å²) >= 11 is 6.04. The number of ether oxygens (including phenoxy) is 2. The summed E-state index contributed by atoms with van der Waals surface area (Å²) in [5.41, 5.74) is 1.89. The molecule has 0 unspecified atom stereocenters. The lowest BCUT2D eigenvalue weighted by Crippen LogP contribution is -2.14. The fourth-order valence-corrected chi connectivity index (χ4v) is 2.66. The lowest BCUT2D eigenvalue weighted by molar-refractivity contribution is 0.102. The molecule has 2 aromatic carbocycles. The van der Waals surface area contributed by atoms with E-state index in [4.69, 9.17) is 21.1 Å². The number of rotatable bonds is 6. The molecule has 0 spiro atoms. The summed E-state index contributed by atoms with van der Waals surface area (Å²) in [6, 6.07) is 15.8. The molecule has 0 saturated heterocycles. The summed E-state index contributed by atoms with van der Waals surface area (Å²) in [6.07, 6.45) is 1.61. The summed E-state index contributed by atoms with van der Waals surface area (Å²) < 4.78 is 10.5. The molecule has 1 amide bonds. The number of carbonyl (C=O) groups excluding carboxylic acids is 1. The van der Waals surface area contributed by atoms with Gasteiger partial charge in [0.25, 0.3) is 5.91 Å². The van der Waals surface area contributed by atoms with Crippen LogP contribution >= 0.6 is 11.6 Å². The Labute approximate surface area is 162 Å². The molecule has 2 N–H and O–H groups in total. The number of anilines is 3. The molecule has 3 rings (SSSR count). The quantitative estimate of drug-likeness (QED) is 0.642. The molecular weight excluding hydrogens is 366 g/mol. The van der Waals surface area contributed by atoms with E-state index in [1.165, 1.54) is 7.11 Å². The molecule has 0 saturated carbocycles. The third-order valence-corrected chi connectivity index (χ3v) is 4.03. The summed E-state index contributed by atoms with van der Waals surface area (Å²) in [6.45, 7) is 0. The number of pyridine rings is 1. The van der Waals surface area contributed by atoms with Crippen molar-refractivity contribution in [3.63, 3.8) is 0 Å². The Hall–Kier alpha value is -3.25. The van der Waals surface area contributed by atoms with E-state index in [1.54, 1.807) is 67.9 Å². The molecule has 1 aromatic heterocycles. The Morgan fingerprint density at radius 1 is 1.00 bits per heavy atom. The number of benzene rings is 2. The average Bonchev–Trinajstić information content (AvgIpc) is 2.69. The zero-order valence-corrected chi connectivity index (χ0v) is 15.6. The van der Waals surface area contributed by atoms with Crippen LogP contribution in [0.15, 0.2) is 60.8 Å². The van der Waals surface area contributed by atoms with Crippen molar-refractivity contribution in [2.75, 3.05) is 24.9 Å². The normalized spacial score (nSPS) is 10.2. The van der Waals surface area contributed by atoms with Crippen molar-refractivity contribution >= 4 is 34.7 Å². The van der Waals surface area contributed by atoms with Crippen molar-refractivity contribution < 1.29 is 14.3 Å². The highest BCUT2D eigenvalue weighted by Gasteiger charge is 2.12. The van der Waals surface area contributed by atoms with E-state index in [0.717, 1.165) is 11.4 Å².